The summed E-state index contributed by atoms with van der Waals surface area (Å²) < 4.78 is 0. The number of hydrogen-bond acceptors (Lipinski definition) is 1. The van der Waals surface area contributed by atoms with Gasteiger partial charge in [0.15, 0.2) is 0 Å². The van der Waals surface area contributed by atoms with Gasteiger partial charge in [-0.25, -0.2) is 0 Å². The number of rotatable bonds is 2. The fourth-order valence-corrected chi connectivity index (χ4v) is 1.18. The van der Waals surface area contributed by atoms with Crippen LogP contribution in [0, 0.1) is 6.07 Å². The van der Waals surface area contributed by atoms with Crippen molar-refractivity contribution >= 4 is 12.2 Å². The van der Waals surface area contributed by atoms with Gasteiger partial charge in [-0.05, 0) is 17.7 Å². The van der Waals surface area contributed by atoms with Gasteiger partial charge in [0.1, 0.15) is 0 Å². The SMILES string of the molecule is [c-]1ccc(/C=C/c2ccncc2)cc1. The number of aromatic nitrogens is 1. The summed E-state index contributed by atoms with van der Waals surface area (Å²) in [4.78, 5) is 3.96. The van der Waals surface area contributed by atoms with Crippen molar-refractivity contribution in [2.45, 2.75) is 0 Å². The highest BCUT2D eigenvalue weighted by Crippen LogP contribution is 2.06. The van der Waals surface area contributed by atoms with E-state index in [0.29, 0.717) is 0 Å². The summed E-state index contributed by atoms with van der Waals surface area (Å²) >= 11 is 0. The predicted octanol–water partition coefficient (Wildman–Crippen LogP) is 3.05. The third-order valence-electron chi connectivity index (χ3n) is 1.92. The maximum absolute atomic E-state index is 3.96. The molecule has 0 aliphatic rings. The van der Waals surface area contributed by atoms with Crippen molar-refractivity contribution in [1.29, 1.82) is 0 Å². The number of pyridine rings is 1. The van der Waals surface area contributed by atoms with Gasteiger partial charge in [0.25, 0.3) is 0 Å². The molecular weight excluding hydrogens is 170 g/mol. The van der Waals surface area contributed by atoms with E-state index in [1.165, 1.54) is 5.56 Å². The Morgan fingerprint density at radius 2 is 1.43 bits per heavy atom. The molecule has 2 aromatic rings. The quantitative estimate of drug-likeness (QED) is 0.647. The third-order valence-corrected chi connectivity index (χ3v) is 1.92. The van der Waals surface area contributed by atoms with Gasteiger partial charge in [-0.2, -0.15) is 30.3 Å². The van der Waals surface area contributed by atoms with Crippen LogP contribution in [0.15, 0.2) is 48.8 Å². The van der Waals surface area contributed by atoms with E-state index in [1.54, 1.807) is 12.4 Å². The molecule has 14 heavy (non-hydrogen) atoms. The second-order valence-electron chi connectivity index (χ2n) is 2.95. The lowest BCUT2D eigenvalue weighted by Crippen LogP contribution is -1.73. The van der Waals surface area contributed by atoms with Gasteiger partial charge >= 0.3 is 0 Å². The van der Waals surface area contributed by atoms with E-state index < -0.39 is 0 Å². The molecule has 0 N–H and O–H groups in total. The Balaban J connectivity index is 2.16. The molecule has 1 aromatic heterocycles. The summed E-state index contributed by atoms with van der Waals surface area (Å²) in [6.07, 6.45) is 7.72. The fourth-order valence-electron chi connectivity index (χ4n) is 1.18. The summed E-state index contributed by atoms with van der Waals surface area (Å²) in [7, 11) is 0. The standard InChI is InChI=1S/C13H10N/c1-2-4-12(5-3-1)6-7-13-8-10-14-11-9-13/h2-11H/q-1/b7-6+. The van der Waals surface area contributed by atoms with Crippen LogP contribution in [0.25, 0.3) is 12.2 Å². The van der Waals surface area contributed by atoms with Gasteiger partial charge in [-0.1, -0.05) is 12.2 Å². The van der Waals surface area contributed by atoms with Crippen LogP contribution in [-0.4, -0.2) is 4.98 Å². The highest BCUT2D eigenvalue weighted by molar-refractivity contribution is 5.69. The van der Waals surface area contributed by atoms with E-state index in [0.717, 1.165) is 5.56 Å². The van der Waals surface area contributed by atoms with Crippen LogP contribution >= 0.6 is 0 Å². The molecule has 0 unspecified atom stereocenters. The smallest absolute Gasteiger partial charge is 0.0273 e. The van der Waals surface area contributed by atoms with Gasteiger partial charge in [0.05, 0.1) is 0 Å². The Morgan fingerprint density at radius 3 is 2.07 bits per heavy atom. The monoisotopic (exact) mass is 180 g/mol. The second-order valence-corrected chi connectivity index (χ2v) is 2.95. The highest BCUT2D eigenvalue weighted by atomic mass is 14.6. The lowest BCUT2D eigenvalue weighted by molar-refractivity contribution is 1.32. The van der Waals surface area contributed by atoms with Crippen molar-refractivity contribution in [2.75, 3.05) is 0 Å². The zero-order chi connectivity index (χ0) is 9.64. The van der Waals surface area contributed by atoms with Gasteiger partial charge in [0.2, 0.25) is 0 Å². The summed E-state index contributed by atoms with van der Waals surface area (Å²) in [5.41, 5.74) is 2.34. The molecule has 0 aliphatic carbocycles. The Morgan fingerprint density at radius 1 is 0.857 bits per heavy atom. The largest absolute Gasteiger partial charge is 0.265 e. The van der Waals surface area contributed by atoms with Crippen molar-refractivity contribution in [3.8, 4) is 0 Å². The van der Waals surface area contributed by atoms with Crippen LogP contribution in [0.3, 0.4) is 0 Å². The Kier molecular flexibility index (Phi) is 2.72. The molecule has 0 amide bonds. The van der Waals surface area contributed by atoms with Gasteiger partial charge < -0.3 is 0 Å². The molecule has 0 aliphatic heterocycles. The van der Waals surface area contributed by atoms with Crippen molar-refractivity contribution in [3.05, 3.63) is 66.0 Å². The molecule has 0 bridgehead atoms. The molecule has 0 saturated carbocycles. The van der Waals surface area contributed by atoms with Crippen LogP contribution in [0.5, 0.6) is 0 Å². The van der Waals surface area contributed by atoms with Crippen LogP contribution in [0.4, 0.5) is 0 Å². The van der Waals surface area contributed by atoms with E-state index in [2.05, 4.69) is 23.2 Å². The van der Waals surface area contributed by atoms with Crippen molar-refractivity contribution in [2.24, 2.45) is 0 Å². The van der Waals surface area contributed by atoms with Crippen LogP contribution < -0.4 is 0 Å². The molecule has 1 aromatic carbocycles. The number of hydrogen-bond donors (Lipinski definition) is 0. The Bertz CT molecular complexity index is 362. The van der Waals surface area contributed by atoms with Crippen molar-refractivity contribution in [1.82, 2.24) is 4.98 Å². The average Bonchev–Trinajstić information content (AvgIpc) is 2.29. The molecule has 2 rings (SSSR count). The molecule has 0 atom stereocenters. The Labute approximate surface area is 83.7 Å². The molecular formula is C13H10N-. The van der Waals surface area contributed by atoms with Crippen LogP contribution in [0.1, 0.15) is 11.1 Å². The first-order valence-electron chi connectivity index (χ1n) is 4.49. The zero-order valence-electron chi connectivity index (χ0n) is 7.72. The van der Waals surface area contributed by atoms with Gasteiger partial charge in [-0.3, -0.25) is 4.98 Å². The molecule has 68 valence electrons. The number of nitrogens with zero attached hydrogens (tertiary/aromatic N) is 1. The average molecular weight is 180 g/mol. The minimum atomic E-state index is 1.16. The molecule has 0 fully saturated rings. The molecule has 1 heterocycles. The predicted molar refractivity (Wildman–Crippen MR) is 58.4 cm³/mol. The molecule has 1 heteroatoms. The zero-order valence-corrected chi connectivity index (χ0v) is 7.72. The molecule has 0 saturated heterocycles. The van der Waals surface area contributed by atoms with Gasteiger partial charge in [-0.15, -0.1) is 5.56 Å². The van der Waals surface area contributed by atoms with E-state index in [1.807, 2.05) is 36.4 Å². The van der Waals surface area contributed by atoms with E-state index in [9.17, 15) is 0 Å². The van der Waals surface area contributed by atoms with E-state index in [4.69, 9.17) is 0 Å². The van der Waals surface area contributed by atoms with Gasteiger partial charge in [0, 0.05) is 12.4 Å². The van der Waals surface area contributed by atoms with E-state index >= 15 is 0 Å². The minimum Gasteiger partial charge on any atom is -0.265 e. The van der Waals surface area contributed by atoms with Crippen molar-refractivity contribution < 1.29 is 0 Å². The number of benzene rings is 1. The summed E-state index contributed by atoms with van der Waals surface area (Å²) in [5, 5.41) is 0. The van der Waals surface area contributed by atoms with Crippen molar-refractivity contribution in [3.63, 3.8) is 0 Å². The lowest BCUT2D eigenvalue weighted by atomic mass is 10.2. The molecule has 0 spiro atoms. The third kappa shape index (κ3) is 2.30. The summed E-state index contributed by atoms with van der Waals surface area (Å²) in [6.45, 7) is 0. The van der Waals surface area contributed by atoms with E-state index in [-0.39, 0.29) is 0 Å². The topological polar surface area (TPSA) is 12.9 Å². The van der Waals surface area contributed by atoms with Crippen LogP contribution in [-0.2, 0) is 0 Å². The lowest BCUT2D eigenvalue weighted by Gasteiger charge is -1.98. The first-order valence-corrected chi connectivity index (χ1v) is 4.49. The highest BCUT2D eigenvalue weighted by Gasteiger charge is 1.81. The first-order chi connectivity index (χ1) is 6.95. The maximum Gasteiger partial charge on any atom is 0.0273 e. The normalized spacial score (nSPS) is 10.6. The first kappa shape index (κ1) is 8.70. The maximum atomic E-state index is 3.96. The summed E-state index contributed by atoms with van der Waals surface area (Å²) in [5.74, 6) is 0. The van der Waals surface area contributed by atoms with Crippen LogP contribution in [0.2, 0.25) is 0 Å². The molecule has 1 nitrogen and oxygen atoms in total. The minimum absolute atomic E-state index is 1.16. The Hall–Kier alpha value is -1.89. The fraction of sp³-hybridized carbons (Fsp3) is 0. The molecule has 0 radical (unpaired) electrons. The summed E-state index contributed by atoms with van der Waals surface area (Å²) in [6, 6.07) is 14.8. The second kappa shape index (κ2) is 4.38.